The van der Waals surface area contributed by atoms with Gasteiger partial charge in [-0.3, -0.25) is 0 Å². The molecule has 7 nitrogen and oxygen atoms in total. The smallest absolute Gasteiger partial charge is 0.192 e. The molecule has 4 aromatic rings. The fourth-order valence-corrected chi connectivity index (χ4v) is 4.94. The number of hydrogen-bond acceptors (Lipinski definition) is 7. The number of aryl methyl sites for hydroxylation is 2. The Bertz CT molecular complexity index is 1180. The summed E-state index contributed by atoms with van der Waals surface area (Å²) in [7, 11) is 1.64. The van der Waals surface area contributed by atoms with Gasteiger partial charge in [-0.1, -0.05) is 11.6 Å². The first-order chi connectivity index (χ1) is 14.3. The molecule has 1 aliphatic rings. The van der Waals surface area contributed by atoms with Gasteiger partial charge in [-0.15, -0.1) is 16.4 Å². The van der Waals surface area contributed by atoms with Crippen molar-refractivity contribution in [1.82, 2.24) is 19.6 Å². The molecule has 1 aliphatic carbocycles. The molecule has 5 rings (SSSR count). The highest BCUT2D eigenvalue weighted by Crippen LogP contribution is 2.36. The van der Waals surface area contributed by atoms with Gasteiger partial charge in [0.1, 0.15) is 16.9 Å². The Morgan fingerprint density at radius 2 is 2.03 bits per heavy atom. The van der Waals surface area contributed by atoms with E-state index in [1.807, 2.05) is 24.3 Å². The number of hydrogen-bond donors (Lipinski definition) is 0. The number of oxime groups is 1. The van der Waals surface area contributed by atoms with Gasteiger partial charge in [-0.25, -0.2) is 14.5 Å². The maximum atomic E-state index is 5.42. The zero-order chi connectivity index (χ0) is 19.6. The summed E-state index contributed by atoms with van der Waals surface area (Å²) in [5.41, 5.74) is 3.21. The summed E-state index contributed by atoms with van der Waals surface area (Å²) in [6.45, 7) is 0.210. The molecule has 1 aromatic carbocycles. The molecule has 0 saturated carbocycles. The molecule has 148 valence electrons. The minimum Gasteiger partial charge on any atom is -0.497 e. The molecule has 0 amide bonds. The predicted octanol–water partition coefficient (Wildman–Crippen LogP) is 4.17. The number of ether oxygens (including phenoxy) is 1. The van der Waals surface area contributed by atoms with Gasteiger partial charge >= 0.3 is 0 Å². The Morgan fingerprint density at radius 1 is 1.17 bits per heavy atom. The van der Waals surface area contributed by atoms with Crippen LogP contribution in [0.15, 0.2) is 35.7 Å². The number of rotatable bonds is 5. The molecule has 0 saturated heterocycles. The second-order valence-corrected chi connectivity index (χ2v) is 8.15. The van der Waals surface area contributed by atoms with E-state index >= 15 is 0 Å². The highest BCUT2D eigenvalue weighted by molar-refractivity contribution is 7.19. The quantitative estimate of drug-likeness (QED) is 0.282. The molecule has 0 spiro atoms. The van der Waals surface area contributed by atoms with Crippen LogP contribution in [0, 0.1) is 0 Å². The van der Waals surface area contributed by atoms with E-state index < -0.39 is 0 Å². The number of aromatic nitrogens is 4. The topological polar surface area (TPSA) is 73.9 Å². The van der Waals surface area contributed by atoms with E-state index in [9.17, 15) is 0 Å². The van der Waals surface area contributed by atoms with Gasteiger partial charge in [0, 0.05) is 4.88 Å². The monoisotopic (exact) mass is 407 g/mol. The largest absolute Gasteiger partial charge is 0.497 e. The van der Waals surface area contributed by atoms with Crippen LogP contribution in [0.5, 0.6) is 5.75 Å². The average molecular weight is 407 g/mol. The number of fused-ring (bicyclic) bond motifs is 5. The maximum absolute atomic E-state index is 5.42. The lowest BCUT2D eigenvalue weighted by atomic mass is 10.1. The van der Waals surface area contributed by atoms with E-state index in [2.05, 4.69) is 15.2 Å². The first kappa shape index (κ1) is 18.1. The highest BCUT2D eigenvalue weighted by Gasteiger charge is 2.19. The van der Waals surface area contributed by atoms with Crippen molar-refractivity contribution < 1.29 is 9.57 Å². The third-order valence-electron chi connectivity index (χ3n) is 5.17. The van der Waals surface area contributed by atoms with Gasteiger partial charge in [0.25, 0.3) is 0 Å². The summed E-state index contributed by atoms with van der Waals surface area (Å²) in [6, 6.07) is 7.60. The maximum Gasteiger partial charge on any atom is 0.192 e. The Hall–Kier alpha value is -3.00. The number of benzene rings is 1. The zero-order valence-corrected chi connectivity index (χ0v) is 17.0. The van der Waals surface area contributed by atoms with Crippen LogP contribution in [0.3, 0.4) is 0 Å². The van der Waals surface area contributed by atoms with Gasteiger partial charge in [-0.2, -0.15) is 0 Å². The van der Waals surface area contributed by atoms with E-state index in [0.717, 1.165) is 40.0 Å². The molecule has 0 aliphatic heterocycles. The van der Waals surface area contributed by atoms with E-state index in [1.54, 1.807) is 35.5 Å². The molecule has 29 heavy (non-hydrogen) atoms. The van der Waals surface area contributed by atoms with E-state index in [4.69, 9.17) is 14.6 Å². The van der Waals surface area contributed by atoms with Crippen molar-refractivity contribution in [2.45, 2.75) is 38.7 Å². The van der Waals surface area contributed by atoms with Crippen LogP contribution < -0.4 is 4.74 Å². The summed E-state index contributed by atoms with van der Waals surface area (Å²) < 4.78 is 6.90. The molecule has 0 unspecified atom stereocenters. The van der Waals surface area contributed by atoms with Crippen LogP contribution >= 0.6 is 11.3 Å². The van der Waals surface area contributed by atoms with Crippen molar-refractivity contribution in [2.75, 3.05) is 7.11 Å². The lowest BCUT2D eigenvalue weighted by molar-refractivity contribution is 0.126. The first-order valence-corrected chi connectivity index (χ1v) is 10.6. The fraction of sp³-hybridized carbons (Fsp3) is 0.333. The molecule has 3 aromatic heterocycles. The summed E-state index contributed by atoms with van der Waals surface area (Å²) in [5, 5.41) is 9.71. The molecule has 0 fully saturated rings. The van der Waals surface area contributed by atoms with Crippen molar-refractivity contribution in [3.05, 3.63) is 52.4 Å². The van der Waals surface area contributed by atoms with Crippen molar-refractivity contribution in [2.24, 2.45) is 5.16 Å². The molecule has 0 radical (unpaired) electrons. The standard InChI is InChI=1S/C21H21N5O2S/c1-27-15-9-7-14(8-10-15)11-23-28-12-18-24-20-19-16-5-3-2-4-6-17(16)29-21(19)22-13-26(20)25-18/h7-11,13H,2-6,12H2,1H3/b23-11+. The van der Waals surface area contributed by atoms with Crippen molar-refractivity contribution in [1.29, 1.82) is 0 Å². The van der Waals surface area contributed by atoms with Gasteiger partial charge in [0.15, 0.2) is 18.1 Å². The Balaban J connectivity index is 1.36. The summed E-state index contributed by atoms with van der Waals surface area (Å²) in [4.78, 5) is 17.3. The summed E-state index contributed by atoms with van der Waals surface area (Å²) in [5.74, 6) is 1.41. The Kier molecular flexibility index (Phi) is 4.85. The van der Waals surface area contributed by atoms with Crippen LogP contribution in [-0.4, -0.2) is 32.9 Å². The van der Waals surface area contributed by atoms with Gasteiger partial charge in [-0.05, 0) is 61.1 Å². The van der Waals surface area contributed by atoms with E-state index in [-0.39, 0.29) is 6.61 Å². The van der Waals surface area contributed by atoms with Crippen LogP contribution in [0.4, 0.5) is 0 Å². The van der Waals surface area contributed by atoms with Gasteiger partial charge < -0.3 is 9.57 Å². The highest BCUT2D eigenvalue weighted by atomic mass is 32.1. The fourth-order valence-electron chi connectivity index (χ4n) is 3.72. The van der Waals surface area contributed by atoms with Gasteiger partial charge in [0.2, 0.25) is 0 Å². The van der Waals surface area contributed by atoms with E-state index in [1.165, 1.54) is 29.7 Å². The normalized spacial score (nSPS) is 14.4. The molecular weight excluding hydrogens is 386 g/mol. The number of nitrogens with zero attached hydrogens (tertiary/aromatic N) is 5. The van der Waals surface area contributed by atoms with Crippen LogP contribution in [0.1, 0.15) is 41.1 Å². The van der Waals surface area contributed by atoms with E-state index in [0.29, 0.717) is 5.82 Å². The molecule has 0 bridgehead atoms. The molecule has 0 atom stereocenters. The van der Waals surface area contributed by atoms with Crippen LogP contribution in [0.2, 0.25) is 0 Å². The molecule has 3 heterocycles. The predicted molar refractivity (Wildman–Crippen MR) is 113 cm³/mol. The molecule has 8 heteroatoms. The number of methoxy groups -OCH3 is 1. The third-order valence-corrected chi connectivity index (χ3v) is 6.37. The minimum absolute atomic E-state index is 0.210. The van der Waals surface area contributed by atoms with Gasteiger partial charge in [0.05, 0.1) is 18.7 Å². The van der Waals surface area contributed by atoms with Crippen LogP contribution in [0.25, 0.3) is 15.9 Å². The second-order valence-electron chi connectivity index (χ2n) is 7.07. The van der Waals surface area contributed by atoms with Crippen LogP contribution in [-0.2, 0) is 24.3 Å². The lowest BCUT2D eigenvalue weighted by Gasteiger charge is -1.99. The van der Waals surface area contributed by atoms with Crippen molar-refractivity contribution in [3.8, 4) is 5.75 Å². The zero-order valence-electron chi connectivity index (χ0n) is 16.2. The summed E-state index contributed by atoms with van der Waals surface area (Å²) >= 11 is 1.80. The first-order valence-electron chi connectivity index (χ1n) is 9.76. The minimum atomic E-state index is 0.210. The second kappa shape index (κ2) is 7.79. The third kappa shape index (κ3) is 3.55. The lowest BCUT2D eigenvalue weighted by Crippen LogP contribution is -1.93. The average Bonchev–Trinajstić information content (AvgIpc) is 3.24. The molecule has 0 N–H and O–H groups in total. The SMILES string of the molecule is COc1ccc(/C=N/OCc2nc3c4c5c(sc4ncn3n2)CCCCC5)cc1. The number of thiophene rings is 1. The van der Waals surface area contributed by atoms with Crippen molar-refractivity contribution >= 4 is 33.4 Å². The molecular formula is C21H21N5O2S. The Labute approximate surface area is 172 Å². The van der Waals surface area contributed by atoms with Crippen molar-refractivity contribution in [3.63, 3.8) is 0 Å². The Morgan fingerprint density at radius 3 is 2.90 bits per heavy atom. The summed E-state index contributed by atoms with van der Waals surface area (Å²) in [6.07, 6.45) is 9.42.